The maximum absolute atomic E-state index is 13.2. The number of rotatable bonds is 4. The molecule has 0 bridgehead atoms. The van der Waals surface area contributed by atoms with Crippen LogP contribution in [0.2, 0.25) is 0 Å². The highest BCUT2D eigenvalue weighted by Gasteiger charge is 2.21. The summed E-state index contributed by atoms with van der Waals surface area (Å²) in [5, 5.41) is 15.5. The summed E-state index contributed by atoms with van der Waals surface area (Å²) in [6.45, 7) is 1.60. The van der Waals surface area contributed by atoms with Crippen LogP contribution in [0.4, 0.5) is 13.6 Å². The maximum atomic E-state index is 13.2. The molecule has 1 aliphatic rings. The van der Waals surface area contributed by atoms with Crippen LogP contribution in [0.1, 0.15) is 37.9 Å². The third-order valence-electron chi connectivity index (χ3n) is 3.69. The summed E-state index contributed by atoms with van der Waals surface area (Å²) in [6.07, 6.45) is 5.76. The molecular formula is C16H20F2N2O2. The van der Waals surface area contributed by atoms with Crippen LogP contribution in [-0.4, -0.2) is 23.2 Å². The molecule has 0 aliphatic heterocycles. The van der Waals surface area contributed by atoms with Crippen LogP contribution >= 0.6 is 0 Å². The van der Waals surface area contributed by atoms with Crippen molar-refractivity contribution in [2.24, 2.45) is 0 Å². The van der Waals surface area contributed by atoms with Gasteiger partial charge in [-0.15, -0.1) is 0 Å². The summed E-state index contributed by atoms with van der Waals surface area (Å²) in [5.74, 6) is -2.00. The second kappa shape index (κ2) is 7.35. The largest absolute Gasteiger partial charge is 0.386 e. The number of hydrogen-bond acceptors (Lipinski definition) is 2. The molecule has 120 valence electrons. The van der Waals surface area contributed by atoms with Crippen molar-refractivity contribution in [1.82, 2.24) is 10.6 Å². The monoisotopic (exact) mass is 310 g/mol. The standard InChI is InChI=1S/C16H20F2N2O2/c1-10(15(21)11-7-8-13(17)14(18)9-11)19-16(22)20-12-5-3-2-4-6-12/h3,5,7-10,12,15,21H,2,4,6H2,1H3,(H2,19,20,22). The molecule has 4 nitrogen and oxygen atoms in total. The number of aliphatic hydroxyl groups is 1. The van der Waals surface area contributed by atoms with E-state index < -0.39 is 29.8 Å². The number of amides is 2. The number of benzene rings is 1. The minimum atomic E-state index is -1.12. The van der Waals surface area contributed by atoms with Crippen molar-refractivity contribution in [3.05, 3.63) is 47.5 Å². The number of halogens is 2. The molecule has 0 saturated heterocycles. The average Bonchev–Trinajstić information content (AvgIpc) is 2.50. The van der Waals surface area contributed by atoms with E-state index in [-0.39, 0.29) is 11.6 Å². The van der Waals surface area contributed by atoms with Gasteiger partial charge in [0.15, 0.2) is 11.6 Å². The lowest BCUT2D eigenvalue weighted by atomic mass is 10.0. The molecule has 0 fully saturated rings. The lowest BCUT2D eigenvalue weighted by molar-refractivity contribution is 0.136. The van der Waals surface area contributed by atoms with Gasteiger partial charge in [-0.3, -0.25) is 0 Å². The SMILES string of the molecule is CC(NC(=O)NC1C=CCCC1)C(O)c1ccc(F)c(F)c1. The van der Waals surface area contributed by atoms with Gasteiger partial charge in [-0.25, -0.2) is 13.6 Å². The predicted octanol–water partition coefficient (Wildman–Crippen LogP) is 2.79. The van der Waals surface area contributed by atoms with Gasteiger partial charge in [0.1, 0.15) is 0 Å². The summed E-state index contributed by atoms with van der Waals surface area (Å²) in [6, 6.07) is 2.13. The van der Waals surface area contributed by atoms with Gasteiger partial charge >= 0.3 is 6.03 Å². The molecule has 0 radical (unpaired) electrons. The van der Waals surface area contributed by atoms with Gasteiger partial charge in [0.05, 0.1) is 12.1 Å². The fraction of sp³-hybridized carbons (Fsp3) is 0.438. The molecule has 6 heteroatoms. The van der Waals surface area contributed by atoms with Crippen molar-refractivity contribution >= 4 is 6.03 Å². The van der Waals surface area contributed by atoms with Gasteiger partial charge in [-0.1, -0.05) is 18.2 Å². The molecule has 0 spiro atoms. The highest BCUT2D eigenvalue weighted by atomic mass is 19.2. The summed E-state index contributed by atoms with van der Waals surface area (Å²) >= 11 is 0. The molecule has 0 heterocycles. The van der Waals surface area contributed by atoms with Crippen molar-refractivity contribution < 1.29 is 18.7 Å². The van der Waals surface area contributed by atoms with Crippen LogP contribution in [0, 0.1) is 11.6 Å². The molecule has 2 rings (SSSR count). The molecule has 22 heavy (non-hydrogen) atoms. The fourth-order valence-corrected chi connectivity index (χ4v) is 2.41. The van der Waals surface area contributed by atoms with Gasteiger partial charge in [0.25, 0.3) is 0 Å². The van der Waals surface area contributed by atoms with E-state index in [1.165, 1.54) is 6.07 Å². The predicted molar refractivity (Wildman–Crippen MR) is 79.2 cm³/mol. The van der Waals surface area contributed by atoms with Crippen LogP contribution < -0.4 is 10.6 Å². The Bertz CT molecular complexity index is 563. The Morgan fingerprint density at radius 2 is 2.14 bits per heavy atom. The van der Waals surface area contributed by atoms with Gasteiger partial charge in [0, 0.05) is 6.04 Å². The van der Waals surface area contributed by atoms with Crippen LogP contribution in [0.3, 0.4) is 0 Å². The van der Waals surface area contributed by atoms with E-state index in [1.54, 1.807) is 6.92 Å². The van der Waals surface area contributed by atoms with Crippen molar-refractivity contribution in [2.45, 2.75) is 44.4 Å². The zero-order valence-electron chi connectivity index (χ0n) is 12.4. The zero-order chi connectivity index (χ0) is 16.1. The van der Waals surface area contributed by atoms with Gasteiger partial charge < -0.3 is 15.7 Å². The van der Waals surface area contributed by atoms with Gasteiger partial charge in [-0.2, -0.15) is 0 Å². The highest BCUT2D eigenvalue weighted by Crippen LogP contribution is 2.19. The molecular weight excluding hydrogens is 290 g/mol. The van der Waals surface area contributed by atoms with Crippen LogP contribution in [0.25, 0.3) is 0 Å². The summed E-state index contributed by atoms with van der Waals surface area (Å²) < 4.78 is 26.1. The third kappa shape index (κ3) is 4.27. The molecule has 0 saturated carbocycles. The number of urea groups is 1. The number of allylic oxidation sites excluding steroid dienone is 1. The van der Waals surface area contributed by atoms with Crippen molar-refractivity contribution in [1.29, 1.82) is 0 Å². The quantitative estimate of drug-likeness (QED) is 0.749. The molecule has 1 aromatic carbocycles. The molecule has 1 aromatic rings. The Hall–Kier alpha value is -1.95. The minimum absolute atomic E-state index is 0.0126. The first-order chi connectivity index (χ1) is 10.5. The molecule has 0 aromatic heterocycles. The summed E-state index contributed by atoms with van der Waals surface area (Å²) in [4.78, 5) is 11.9. The topological polar surface area (TPSA) is 61.4 Å². The molecule has 3 N–H and O–H groups in total. The van der Waals surface area contributed by atoms with E-state index in [4.69, 9.17) is 0 Å². The Labute approximate surface area is 128 Å². The second-order valence-corrected chi connectivity index (χ2v) is 5.49. The van der Waals surface area contributed by atoms with E-state index in [1.807, 2.05) is 12.2 Å². The smallest absolute Gasteiger partial charge is 0.315 e. The lowest BCUT2D eigenvalue weighted by Crippen LogP contribution is -2.46. The number of hydrogen-bond donors (Lipinski definition) is 3. The highest BCUT2D eigenvalue weighted by molar-refractivity contribution is 5.74. The number of carbonyl (C=O) groups is 1. The van der Waals surface area contributed by atoms with E-state index in [9.17, 15) is 18.7 Å². The Morgan fingerprint density at radius 3 is 2.77 bits per heavy atom. The number of aliphatic hydroxyl groups excluding tert-OH is 1. The van der Waals surface area contributed by atoms with Crippen molar-refractivity contribution in [3.63, 3.8) is 0 Å². The van der Waals surface area contributed by atoms with E-state index >= 15 is 0 Å². The van der Waals surface area contributed by atoms with Crippen LogP contribution in [0.5, 0.6) is 0 Å². The maximum Gasteiger partial charge on any atom is 0.315 e. The van der Waals surface area contributed by atoms with E-state index in [0.29, 0.717) is 0 Å². The Morgan fingerprint density at radius 1 is 1.36 bits per heavy atom. The molecule has 2 amide bonds. The summed E-state index contributed by atoms with van der Waals surface area (Å²) in [7, 11) is 0. The Kier molecular flexibility index (Phi) is 5.49. The first-order valence-electron chi connectivity index (χ1n) is 7.34. The summed E-state index contributed by atoms with van der Waals surface area (Å²) in [5.41, 5.74) is 0.212. The fourth-order valence-electron chi connectivity index (χ4n) is 2.41. The number of nitrogens with one attached hydrogen (secondary N) is 2. The first kappa shape index (κ1) is 16.4. The zero-order valence-corrected chi connectivity index (χ0v) is 12.4. The van der Waals surface area contributed by atoms with Crippen LogP contribution in [0.15, 0.2) is 30.4 Å². The van der Waals surface area contributed by atoms with Crippen LogP contribution in [-0.2, 0) is 0 Å². The first-order valence-corrected chi connectivity index (χ1v) is 7.34. The van der Waals surface area contributed by atoms with Crippen molar-refractivity contribution in [3.8, 4) is 0 Å². The van der Waals surface area contributed by atoms with E-state index in [0.717, 1.165) is 31.4 Å². The molecule has 1 aliphatic carbocycles. The second-order valence-electron chi connectivity index (χ2n) is 5.49. The minimum Gasteiger partial charge on any atom is -0.386 e. The lowest BCUT2D eigenvalue weighted by Gasteiger charge is -2.23. The van der Waals surface area contributed by atoms with Gasteiger partial charge in [-0.05, 0) is 43.9 Å². The number of carbonyl (C=O) groups excluding carboxylic acids is 1. The Balaban J connectivity index is 1.91. The van der Waals surface area contributed by atoms with Crippen molar-refractivity contribution in [2.75, 3.05) is 0 Å². The molecule has 3 atom stereocenters. The normalized spacial score (nSPS) is 20.3. The molecule has 3 unspecified atom stereocenters. The van der Waals surface area contributed by atoms with E-state index in [2.05, 4.69) is 10.6 Å². The average molecular weight is 310 g/mol. The third-order valence-corrected chi connectivity index (χ3v) is 3.69. The van der Waals surface area contributed by atoms with Gasteiger partial charge in [0.2, 0.25) is 0 Å².